The van der Waals surface area contributed by atoms with E-state index in [0.29, 0.717) is 31.7 Å². The minimum absolute atomic E-state index is 0.00192. The Labute approximate surface area is 189 Å². The highest BCUT2D eigenvalue weighted by atomic mass is 16.5. The third-order valence-corrected chi connectivity index (χ3v) is 5.94. The molecule has 3 rings (SSSR count). The average molecular weight is 441 g/mol. The second kappa shape index (κ2) is 11.0. The molecule has 0 aromatic heterocycles. The standard InChI is InChI=1S/C25H32N2O5/c1-26(16-5-17-30-2)25(29)22-14-15-23(28)27(19-8-12-21(32-4)13-9-19)24(22)18-6-10-20(31-3)11-7-18/h6-13,22,24H,5,14-17H2,1-4H3. The van der Waals surface area contributed by atoms with Crippen LogP contribution in [0.3, 0.4) is 0 Å². The number of rotatable bonds is 9. The van der Waals surface area contributed by atoms with Gasteiger partial charge in [0.15, 0.2) is 0 Å². The highest BCUT2D eigenvalue weighted by molar-refractivity contribution is 5.97. The molecule has 1 saturated heterocycles. The van der Waals surface area contributed by atoms with Crippen LogP contribution in [-0.2, 0) is 14.3 Å². The summed E-state index contributed by atoms with van der Waals surface area (Å²) >= 11 is 0. The van der Waals surface area contributed by atoms with E-state index < -0.39 is 6.04 Å². The van der Waals surface area contributed by atoms with Gasteiger partial charge in [0.05, 0.1) is 26.2 Å². The number of amides is 2. The molecule has 7 nitrogen and oxygen atoms in total. The van der Waals surface area contributed by atoms with Gasteiger partial charge in [-0.25, -0.2) is 0 Å². The van der Waals surface area contributed by atoms with Gasteiger partial charge < -0.3 is 24.0 Å². The molecular formula is C25H32N2O5. The van der Waals surface area contributed by atoms with E-state index in [1.54, 1.807) is 31.1 Å². The van der Waals surface area contributed by atoms with E-state index in [1.165, 1.54) is 0 Å². The van der Waals surface area contributed by atoms with E-state index >= 15 is 0 Å². The Morgan fingerprint density at radius 1 is 1.00 bits per heavy atom. The van der Waals surface area contributed by atoms with Gasteiger partial charge in [0.1, 0.15) is 11.5 Å². The van der Waals surface area contributed by atoms with Crippen molar-refractivity contribution >= 4 is 17.5 Å². The van der Waals surface area contributed by atoms with Crippen LogP contribution < -0.4 is 14.4 Å². The summed E-state index contributed by atoms with van der Waals surface area (Å²) in [5, 5.41) is 0. The molecule has 7 heteroatoms. The molecule has 0 saturated carbocycles. The Balaban J connectivity index is 1.98. The highest BCUT2D eigenvalue weighted by Gasteiger charge is 2.42. The second-order valence-electron chi connectivity index (χ2n) is 7.93. The molecule has 172 valence electrons. The van der Waals surface area contributed by atoms with Gasteiger partial charge in [-0.05, 0) is 54.8 Å². The van der Waals surface area contributed by atoms with Gasteiger partial charge in [-0.1, -0.05) is 12.1 Å². The monoisotopic (exact) mass is 440 g/mol. The number of ether oxygens (including phenoxy) is 3. The normalized spacial score (nSPS) is 18.4. The fourth-order valence-corrected chi connectivity index (χ4v) is 4.22. The minimum atomic E-state index is -0.409. The summed E-state index contributed by atoms with van der Waals surface area (Å²) in [5.74, 6) is 1.13. The van der Waals surface area contributed by atoms with Crippen molar-refractivity contribution in [2.45, 2.75) is 25.3 Å². The quantitative estimate of drug-likeness (QED) is 0.557. The predicted molar refractivity (Wildman–Crippen MR) is 123 cm³/mol. The zero-order valence-electron chi connectivity index (χ0n) is 19.2. The Morgan fingerprint density at radius 3 is 2.16 bits per heavy atom. The van der Waals surface area contributed by atoms with Crippen molar-refractivity contribution in [1.82, 2.24) is 4.90 Å². The Bertz CT molecular complexity index is 898. The summed E-state index contributed by atoms with van der Waals surface area (Å²) in [5.41, 5.74) is 1.65. The van der Waals surface area contributed by atoms with Crippen LogP contribution in [-0.4, -0.2) is 58.2 Å². The molecule has 2 unspecified atom stereocenters. The van der Waals surface area contributed by atoms with Crippen LogP contribution >= 0.6 is 0 Å². The number of benzene rings is 2. The molecule has 2 amide bonds. The SMILES string of the molecule is COCCCN(C)C(=O)C1CCC(=O)N(c2ccc(OC)cc2)C1c1ccc(OC)cc1. The second-order valence-corrected chi connectivity index (χ2v) is 7.93. The fourth-order valence-electron chi connectivity index (χ4n) is 4.22. The maximum atomic E-state index is 13.5. The molecule has 0 spiro atoms. The Kier molecular flexibility index (Phi) is 8.11. The van der Waals surface area contributed by atoms with Gasteiger partial charge in [-0.15, -0.1) is 0 Å². The number of piperidine rings is 1. The van der Waals surface area contributed by atoms with Crippen molar-refractivity contribution < 1.29 is 23.8 Å². The topological polar surface area (TPSA) is 68.3 Å². The van der Waals surface area contributed by atoms with Crippen LogP contribution in [0.5, 0.6) is 11.5 Å². The lowest BCUT2D eigenvalue weighted by atomic mass is 9.82. The summed E-state index contributed by atoms with van der Waals surface area (Å²) in [6.45, 7) is 1.20. The van der Waals surface area contributed by atoms with E-state index in [4.69, 9.17) is 14.2 Å². The van der Waals surface area contributed by atoms with Crippen molar-refractivity contribution in [3.05, 3.63) is 54.1 Å². The van der Waals surface area contributed by atoms with E-state index in [2.05, 4.69) is 0 Å². The van der Waals surface area contributed by atoms with Gasteiger partial charge in [0.25, 0.3) is 0 Å². The first-order valence-electron chi connectivity index (χ1n) is 10.8. The summed E-state index contributed by atoms with van der Waals surface area (Å²) in [7, 11) is 6.69. The summed E-state index contributed by atoms with van der Waals surface area (Å²) in [6.07, 6.45) is 1.59. The molecule has 32 heavy (non-hydrogen) atoms. The van der Waals surface area contributed by atoms with Crippen molar-refractivity contribution in [2.24, 2.45) is 5.92 Å². The van der Waals surface area contributed by atoms with Crippen LogP contribution in [0.15, 0.2) is 48.5 Å². The molecule has 2 aromatic rings. The molecular weight excluding hydrogens is 408 g/mol. The van der Waals surface area contributed by atoms with E-state index in [9.17, 15) is 9.59 Å². The van der Waals surface area contributed by atoms with E-state index in [1.807, 2.05) is 55.6 Å². The molecule has 0 bridgehead atoms. The molecule has 2 atom stereocenters. The number of methoxy groups -OCH3 is 3. The number of hydrogen-bond donors (Lipinski definition) is 0. The number of carbonyl (C=O) groups is 2. The Hall–Kier alpha value is -3.06. The van der Waals surface area contributed by atoms with E-state index in [-0.39, 0.29) is 17.7 Å². The average Bonchev–Trinajstić information content (AvgIpc) is 2.83. The highest BCUT2D eigenvalue weighted by Crippen LogP contribution is 2.41. The van der Waals surface area contributed by atoms with Gasteiger partial charge in [0, 0.05) is 39.4 Å². The van der Waals surface area contributed by atoms with Crippen LogP contribution in [0.4, 0.5) is 5.69 Å². The molecule has 0 aliphatic carbocycles. The largest absolute Gasteiger partial charge is 0.497 e. The number of nitrogens with zero attached hydrogens (tertiary/aromatic N) is 2. The summed E-state index contributed by atoms with van der Waals surface area (Å²) in [4.78, 5) is 30.1. The minimum Gasteiger partial charge on any atom is -0.497 e. The van der Waals surface area contributed by atoms with Crippen molar-refractivity contribution in [1.29, 1.82) is 0 Å². The number of carbonyl (C=O) groups excluding carboxylic acids is 2. The Morgan fingerprint density at radius 2 is 1.59 bits per heavy atom. The summed E-state index contributed by atoms with van der Waals surface area (Å²) in [6, 6.07) is 14.6. The fraction of sp³-hybridized carbons (Fsp3) is 0.440. The smallest absolute Gasteiger partial charge is 0.227 e. The molecule has 1 aliphatic rings. The van der Waals surface area contributed by atoms with Gasteiger partial charge in [0.2, 0.25) is 11.8 Å². The molecule has 1 aliphatic heterocycles. The lowest BCUT2D eigenvalue weighted by Gasteiger charge is -2.42. The number of hydrogen-bond acceptors (Lipinski definition) is 5. The molecule has 0 N–H and O–H groups in total. The van der Waals surface area contributed by atoms with Gasteiger partial charge >= 0.3 is 0 Å². The first kappa shape index (κ1) is 23.6. The molecule has 2 aromatic carbocycles. The van der Waals surface area contributed by atoms with Gasteiger partial charge in [-0.2, -0.15) is 0 Å². The lowest BCUT2D eigenvalue weighted by Crippen LogP contribution is -2.48. The summed E-state index contributed by atoms with van der Waals surface area (Å²) < 4.78 is 15.7. The zero-order chi connectivity index (χ0) is 23.1. The molecule has 0 radical (unpaired) electrons. The van der Waals surface area contributed by atoms with Crippen LogP contribution in [0.25, 0.3) is 0 Å². The van der Waals surface area contributed by atoms with Crippen molar-refractivity contribution in [2.75, 3.05) is 46.4 Å². The third kappa shape index (κ3) is 5.22. The van der Waals surface area contributed by atoms with Crippen LogP contribution in [0.1, 0.15) is 30.9 Å². The predicted octanol–water partition coefficient (Wildman–Crippen LogP) is 3.68. The van der Waals surface area contributed by atoms with Crippen LogP contribution in [0, 0.1) is 5.92 Å². The maximum absolute atomic E-state index is 13.5. The van der Waals surface area contributed by atoms with E-state index in [0.717, 1.165) is 23.4 Å². The molecule has 1 fully saturated rings. The number of anilines is 1. The van der Waals surface area contributed by atoms with Crippen molar-refractivity contribution in [3.63, 3.8) is 0 Å². The first-order chi connectivity index (χ1) is 15.5. The lowest BCUT2D eigenvalue weighted by molar-refractivity contribution is -0.137. The van der Waals surface area contributed by atoms with Crippen molar-refractivity contribution in [3.8, 4) is 11.5 Å². The third-order valence-electron chi connectivity index (χ3n) is 5.94. The maximum Gasteiger partial charge on any atom is 0.227 e. The molecule has 1 heterocycles. The first-order valence-corrected chi connectivity index (χ1v) is 10.8. The van der Waals surface area contributed by atoms with Gasteiger partial charge in [-0.3, -0.25) is 9.59 Å². The van der Waals surface area contributed by atoms with Crippen LogP contribution in [0.2, 0.25) is 0 Å². The zero-order valence-corrected chi connectivity index (χ0v) is 19.2.